The van der Waals surface area contributed by atoms with Crippen LogP contribution >= 0.6 is 0 Å². The molecule has 1 unspecified atom stereocenters. The van der Waals surface area contributed by atoms with Crippen molar-refractivity contribution < 1.29 is 27.5 Å². The quantitative estimate of drug-likeness (QED) is 0.743. The number of hydrogen-bond donors (Lipinski definition) is 0. The minimum atomic E-state index is -4.58. The summed E-state index contributed by atoms with van der Waals surface area (Å²) in [6, 6.07) is 3.61. The molecule has 3 aliphatic rings. The van der Waals surface area contributed by atoms with E-state index in [1.807, 2.05) is 11.0 Å². The third kappa shape index (κ3) is 3.60. The van der Waals surface area contributed by atoms with Gasteiger partial charge in [-0.2, -0.15) is 23.4 Å². The van der Waals surface area contributed by atoms with Gasteiger partial charge in [0.15, 0.2) is 6.10 Å². The van der Waals surface area contributed by atoms with Crippen molar-refractivity contribution in [2.24, 2.45) is 0 Å². The Bertz CT molecular complexity index is 805. The minimum Gasteiger partial charge on any atom is -0.437 e. The summed E-state index contributed by atoms with van der Waals surface area (Å²) in [5.41, 5.74) is -0.273. The average molecular weight is 426 g/mol. The molecule has 1 spiro atoms. The molecular weight excluding hydrogens is 401 g/mol. The van der Waals surface area contributed by atoms with Gasteiger partial charge in [0.2, 0.25) is 5.91 Å². The van der Waals surface area contributed by atoms with Crippen LogP contribution in [0.5, 0.6) is 0 Å². The molecule has 30 heavy (non-hydrogen) atoms. The fourth-order valence-corrected chi connectivity index (χ4v) is 4.69. The number of likely N-dealkylation sites (tertiary alicyclic amines) is 2. The highest BCUT2D eigenvalue weighted by molar-refractivity contribution is 5.91. The SMILES string of the molecule is CC(OC(=O)N1CCC2(CCCN2C(=O)C2(c3cccnn3)CC2)CC1)C(F)(F)F. The van der Waals surface area contributed by atoms with Crippen LogP contribution in [0.15, 0.2) is 18.3 Å². The Labute approximate surface area is 172 Å². The number of halogens is 3. The maximum absolute atomic E-state index is 13.5. The molecule has 1 atom stereocenters. The summed E-state index contributed by atoms with van der Waals surface area (Å²) in [4.78, 5) is 28.9. The third-order valence-corrected chi connectivity index (χ3v) is 6.75. The standard InChI is InChI=1S/C20H25F3N4O3/c1-14(20(21,22)23)30-17(29)26-12-8-18(9-13-26)5-3-11-27(18)16(28)19(6-7-19)15-4-2-10-24-25-15/h2,4,10,14H,3,5-9,11-13H2,1H3. The Morgan fingerprint density at radius 2 is 1.83 bits per heavy atom. The van der Waals surface area contributed by atoms with E-state index in [9.17, 15) is 22.8 Å². The van der Waals surface area contributed by atoms with Crippen molar-refractivity contribution in [3.8, 4) is 0 Å². The van der Waals surface area contributed by atoms with Gasteiger partial charge in [-0.1, -0.05) is 0 Å². The summed E-state index contributed by atoms with van der Waals surface area (Å²) in [6.45, 7) is 2.01. The Morgan fingerprint density at radius 3 is 2.40 bits per heavy atom. The molecule has 2 aliphatic heterocycles. The van der Waals surface area contributed by atoms with Gasteiger partial charge in [-0.05, 0) is 57.6 Å². The first-order valence-electron chi connectivity index (χ1n) is 10.3. The first-order chi connectivity index (χ1) is 14.2. The van der Waals surface area contributed by atoms with Crippen LogP contribution in [0.1, 0.15) is 51.1 Å². The lowest BCUT2D eigenvalue weighted by atomic mass is 9.84. The molecule has 0 bridgehead atoms. The monoisotopic (exact) mass is 426 g/mol. The largest absolute Gasteiger partial charge is 0.437 e. The van der Waals surface area contributed by atoms with E-state index in [1.165, 1.54) is 4.90 Å². The molecule has 164 valence electrons. The summed E-state index contributed by atoms with van der Waals surface area (Å²) in [7, 11) is 0. The minimum absolute atomic E-state index is 0.0576. The summed E-state index contributed by atoms with van der Waals surface area (Å²) in [5, 5.41) is 8.08. The first-order valence-corrected chi connectivity index (χ1v) is 10.3. The first kappa shape index (κ1) is 20.9. The van der Waals surface area contributed by atoms with E-state index in [4.69, 9.17) is 0 Å². The molecule has 0 N–H and O–H groups in total. The highest BCUT2D eigenvalue weighted by Crippen LogP contribution is 2.51. The third-order valence-electron chi connectivity index (χ3n) is 6.75. The molecular formula is C20H25F3N4O3. The average Bonchev–Trinajstić information content (AvgIpc) is 3.44. The molecule has 2 amide bonds. The maximum atomic E-state index is 13.5. The second kappa shape index (κ2) is 7.39. The maximum Gasteiger partial charge on any atom is 0.425 e. The van der Waals surface area contributed by atoms with Gasteiger partial charge in [-0.15, -0.1) is 0 Å². The number of amides is 2. The number of rotatable bonds is 3. The van der Waals surface area contributed by atoms with Gasteiger partial charge < -0.3 is 14.5 Å². The van der Waals surface area contributed by atoms with Crippen molar-refractivity contribution in [2.45, 2.75) is 68.7 Å². The molecule has 4 rings (SSSR count). The summed E-state index contributed by atoms with van der Waals surface area (Å²) >= 11 is 0. The number of piperidine rings is 1. The lowest BCUT2D eigenvalue weighted by Crippen LogP contribution is -2.57. The van der Waals surface area contributed by atoms with Crippen LogP contribution in [0.25, 0.3) is 0 Å². The number of aromatic nitrogens is 2. The molecule has 0 aromatic carbocycles. The van der Waals surface area contributed by atoms with Crippen molar-refractivity contribution >= 4 is 12.0 Å². The van der Waals surface area contributed by atoms with E-state index < -0.39 is 23.8 Å². The Balaban J connectivity index is 1.42. The number of alkyl halides is 3. The number of nitrogens with zero attached hydrogens (tertiary/aromatic N) is 4. The van der Waals surface area contributed by atoms with Gasteiger partial charge in [-0.3, -0.25) is 4.79 Å². The van der Waals surface area contributed by atoms with Gasteiger partial charge in [0.25, 0.3) is 0 Å². The summed E-state index contributed by atoms with van der Waals surface area (Å²) < 4.78 is 42.6. The zero-order valence-corrected chi connectivity index (χ0v) is 16.8. The normalized spacial score (nSPS) is 23.3. The molecule has 10 heteroatoms. The molecule has 1 saturated carbocycles. The van der Waals surface area contributed by atoms with E-state index in [-0.39, 0.29) is 24.5 Å². The van der Waals surface area contributed by atoms with Crippen molar-refractivity contribution in [2.75, 3.05) is 19.6 Å². The lowest BCUT2D eigenvalue weighted by Gasteiger charge is -2.45. The topological polar surface area (TPSA) is 75.6 Å². The van der Waals surface area contributed by atoms with Gasteiger partial charge in [-0.25, -0.2) is 4.79 Å². The van der Waals surface area contributed by atoms with Gasteiger partial charge >= 0.3 is 12.3 Å². The lowest BCUT2D eigenvalue weighted by molar-refractivity contribution is -0.200. The van der Waals surface area contributed by atoms with Crippen molar-refractivity contribution in [1.29, 1.82) is 0 Å². The van der Waals surface area contributed by atoms with Crippen LogP contribution in [0.3, 0.4) is 0 Å². The van der Waals surface area contributed by atoms with Crippen LogP contribution in [-0.4, -0.2) is 69.5 Å². The molecule has 3 heterocycles. The summed E-state index contributed by atoms with van der Waals surface area (Å²) in [5.74, 6) is 0.0576. The van der Waals surface area contributed by atoms with Crippen LogP contribution in [0, 0.1) is 0 Å². The highest BCUT2D eigenvalue weighted by Gasteiger charge is 2.58. The molecule has 0 radical (unpaired) electrons. The Hall–Kier alpha value is -2.39. The Kier molecular flexibility index (Phi) is 5.14. The van der Waals surface area contributed by atoms with Crippen molar-refractivity contribution in [3.63, 3.8) is 0 Å². The van der Waals surface area contributed by atoms with Crippen molar-refractivity contribution in [3.05, 3.63) is 24.0 Å². The molecule has 3 fully saturated rings. The smallest absolute Gasteiger partial charge is 0.425 e. The van der Waals surface area contributed by atoms with Crippen LogP contribution in [0.4, 0.5) is 18.0 Å². The molecule has 1 aliphatic carbocycles. The number of carbonyl (C=O) groups is 2. The second-order valence-corrected chi connectivity index (χ2v) is 8.53. The van der Waals surface area contributed by atoms with Crippen LogP contribution < -0.4 is 0 Å². The molecule has 7 nitrogen and oxygen atoms in total. The molecule has 2 saturated heterocycles. The number of ether oxygens (including phenoxy) is 1. The van der Waals surface area contributed by atoms with Crippen LogP contribution in [0.2, 0.25) is 0 Å². The predicted octanol–water partition coefficient (Wildman–Crippen LogP) is 3.05. The van der Waals surface area contributed by atoms with Crippen molar-refractivity contribution in [1.82, 2.24) is 20.0 Å². The van der Waals surface area contributed by atoms with Crippen LogP contribution in [-0.2, 0) is 14.9 Å². The van der Waals surface area contributed by atoms with Gasteiger partial charge in [0.1, 0.15) is 0 Å². The second-order valence-electron chi connectivity index (χ2n) is 8.53. The van der Waals surface area contributed by atoms with E-state index in [0.717, 1.165) is 32.6 Å². The van der Waals surface area contributed by atoms with E-state index in [0.29, 0.717) is 25.1 Å². The highest BCUT2D eigenvalue weighted by atomic mass is 19.4. The fourth-order valence-electron chi connectivity index (χ4n) is 4.69. The van der Waals surface area contributed by atoms with Gasteiger partial charge in [0, 0.05) is 31.4 Å². The zero-order chi connectivity index (χ0) is 21.6. The van der Waals surface area contributed by atoms with Gasteiger partial charge in [0.05, 0.1) is 11.1 Å². The van der Waals surface area contributed by atoms with E-state index in [2.05, 4.69) is 14.9 Å². The van der Waals surface area contributed by atoms with E-state index >= 15 is 0 Å². The van der Waals surface area contributed by atoms with E-state index in [1.54, 1.807) is 12.3 Å². The number of carbonyl (C=O) groups excluding carboxylic acids is 2. The molecule has 1 aromatic rings. The fraction of sp³-hybridized carbons (Fsp3) is 0.700. The number of hydrogen-bond acceptors (Lipinski definition) is 5. The Morgan fingerprint density at radius 1 is 1.13 bits per heavy atom. The predicted molar refractivity (Wildman–Crippen MR) is 99.4 cm³/mol. The zero-order valence-electron chi connectivity index (χ0n) is 16.8. The summed E-state index contributed by atoms with van der Waals surface area (Å²) in [6.07, 6.45) is -1.85. The molecule has 1 aromatic heterocycles.